The highest BCUT2D eigenvalue weighted by Gasteiger charge is 2.05. The number of benzene rings is 1. The van der Waals surface area contributed by atoms with Gasteiger partial charge in [-0.15, -0.1) is 5.10 Å². The highest BCUT2D eigenvalue weighted by molar-refractivity contribution is 9.13. The molecule has 0 fully saturated rings. The lowest BCUT2D eigenvalue weighted by Crippen LogP contribution is -2.12. The van der Waals surface area contributed by atoms with E-state index in [0.717, 1.165) is 14.6 Å². The van der Waals surface area contributed by atoms with Crippen molar-refractivity contribution >= 4 is 31.9 Å². The van der Waals surface area contributed by atoms with Gasteiger partial charge < -0.3 is 4.84 Å². The summed E-state index contributed by atoms with van der Waals surface area (Å²) in [6, 6.07) is 9.95. The third-order valence-electron chi connectivity index (χ3n) is 1.84. The van der Waals surface area contributed by atoms with Crippen molar-refractivity contribution in [2.45, 2.75) is 6.61 Å². The molecule has 0 saturated carbocycles. The molecule has 1 aromatic carbocycles. The highest BCUT2D eigenvalue weighted by Crippen LogP contribution is 2.21. The number of hydrogen-bond donors (Lipinski definition) is 0. The summed E-state index contributed by atoms with van der Waals surface area (Å²) in [5.41, 5.74) is 1.11. The van der Waals surface area contributed by atoms with Gasteiger partial charge in [-0.2, -0.15) is 0 Å². The van der Waals surface area contributed by atoms with Gasteiger partial charge in [0, 0.05) is 0 Å². The summed E-state index contributed by atoms with van der Waals surface area (Å²) in [6.07, 6.45) is 1.68. The van der Waals surface area contributed by atoms with Crippen molar-refractivity contribution in [1.29, 1.82) is 0 Å². The zero-order valence-corrected chi connectivity index (χ0v) is 10.9. The van der Waals surface area contributed by atoms with Crippen molar-refractivity contribution in [3.8, 4) is 0 Å². The van der Waals surface area contributed by atoms with Crippen LogP contribution in [-0.2, 0) is 6.61 Å². The summed E-state index contributed by atoms with van der Waals surface area (Å²) in [6.45, 7) is 0.494. The fourth-order valence-electron chi connectivity index (χ4n) is 1.10. The minimum atomic E-state index is 0.494. The Morgan fingerprint density at radius 1 is 1.20 bits per heavy atom. The predicted molar refractivity (Wildman–Crippen MR) is 64.4 cm³/mol. The molecule has 78 valence electrons. The van der Waals surface area contributed by atoms with E-state index in [9.17, 15) is 0 Å². The Morgan fingerprint density at radius 2 is 1.93 bits per heavy atom. The second kappa shape index (κ2) is 4.81. The zero-order valence-electron chi connectivity index (χ0n) is 7.73. The number of aromatic nitrogens is 2. The molecule has 0 radical (unpaired) electrons. The van der Waals surface area contributed by atoms with Crippen molar-refractivity contribution < 1.29 is 4.84 Å². The van der Waals surface area contributed by atoms with Crippen molar-refractivity contribution in [3.63, 3.8) is 0 Å². The molecule has 0 unspecified atom stereocenters. The second-order valence-electron chi connectivity index (χ2n) is 2.92. The van der Waals surface area contributed by atoms with Gasteiger partial charge in [0.2, 0.25) is 0 Å². The smallest absolute Gasteiger partial charge is 0.159 e. The molecule has 0 aliphatic carbocycles. The van der Waals surface area contributed by atoms with Crippen LogP contribution in [0.1, 0.15) is 5.56 Å². The molecular weight excluding hydrogens is 324 g/mol. The molecular formula is C10H8Br2N2O. The first-order chi connectivity index (χ1) is 7.27. The van der Waals surface area contributed by atoms with E-state index in [4.69, 9.17) is 4.84 Å². The first-order valence-corrected chi connectivity index (χ1v) is 5.92. The molecule has 2 aromatic rings. The molecule has 0 atom stereocenters. The van der Waals surface area contributed by atoms with Crippen LogP contribution in [0.5, 0.6) is 0 Å². The number of rotatable bonds is 3. The zero-order chi connectivity index (χ0) is 10.7. The van der Waals surface area contributed by atoms with Gasteiger partial charge in [-0.1, -0.05) is 35.2 Å². The molecule has 0 saturated heterocycles. The summed E-state index contributed by atoms with van der Waals surface area (Å²) in [5, 5.41) is 4.03. The normalized spacial score (nSPS) is 10.3. The third-order valence-corrected chi connectivity index (χ3v) is 3.68. The van der Waals surface area contributed by atoms with Crippen molar-refractivity contribution in [2.75, 3.05) is 0 Å². The van der Waals surface area contributed by atoms with Crippen molar-refractivity contribution in [1.82, 2.24) is 9.94 Å². The Labute approximate surface area is 104 Å². The van der Waals surface area contributed by atoms with Crippen LogP contribution >= 0.6 is 31.9 Å². The van der Waals surface area contributed by atoms with E-state index in [1.807, 2.05) is 30.3 Å². The average molecular weight is 332 g/mol. The Bertz CT molecular complexity index is 442. The van der Waals surface area contributed by atoms with Gasteiger partial charge in [-0.3, -0.25) is 0 Å². The lowest BCUT2D eigenvalue weighted by Gasteiger charge is -2.05. The third kappa shape index (κ3) is 2.60. The van der Waals surface area contributed by atoms with Crippen LogP contribution in [0.2, 0.25) is 0 Å². The van der Waals surface area contributed by atoms with E-state index in [2.05, 4.69) is 37.0 Å². The first kappa shape index (κ1) is 10.7. The molecule has 15 heavy (non-hydrogen) atoms. The number of hydrogen-bond acceptors (Lipinski definition) is 2. The quantitative estimate of drug-likeness (QED) is 0.864. The maximum absolute atomic E-state index is 5.47. The lowest BCUT2D eigenvalue weighted by molar-refractivity contribution is 0.0651. The fourth-order valence-corrected chi connectivity index (χ4v) is 1.64. The van der Waals surface area contributed by atoms with Gasteiger partial charge in [-0.25, -0.2) is 0 Å². The van der Waals surface area contributed by atoms with Crippen LogP contribution < -0.4 is 4.84 Å². The van der Waals surface area contributed by atoms with E-state index < -0.39 is 0 Å². The fraction of sp³-hybridized carbons (Fsp3) is 0.100. The molecule has 0 aliphatic heterocycles. The molecule has 2 rings (SSSR count). The van der Waals surface area contributed by atoms with Gasteiger partial charge in [0.05, 0.1) is 10.7 Å². The molecule has 0 aliphatic rings. The first-order valence-electron chi connectivity index (χ1n) is 4.33. The van der Waals surface area contributed by atoms with Crippen molar-refractivity contribution in [2.24, 2.45) is 0 Å². The Morgan fingerprint density at radius 3 is 2.53 bits per heavy atom. The Hall–Kier alpha value is -0.810. The average Bonchev–Trinajstić information content (AvgIpc) is 2.59. The second-order valence-corrected chi connectivity index (χ2v) is 4.52. The summed E-state index contributed by atoms with van der Waals surface area (Å²) >= 11 is 6.68. The largest absolute Gasteiger partial charge is 0.391 e. The van der Waals surface area contributed by atoms with E-state index in [0.29, 0.717) is 6.61 Å². The van der Waals surface area contributed by atoms with Crippen LogP contribution in [0.4, 0.5) is 0 Å². The molecule has 0 N–H and O–H groups in total. The topological polar surface area (TPSA) is 27.1 Å². The van der Waals surface area contributed by atoms with E-state index in [-0.39, 0.29) is 0 Å². The highest BCUT2D eigenvalue weighted by atomic mass is 79.9. The monoisotopic (exact) mass is 330 g/mol. The molecule has 0 bridgehead atoms. The summed E-state index contributed by atoms with van der Waals surface area (Å²) in [4.78, 5) is 6.91. The molecule has 0 spiro atoms. The van der Waals surface area contributed by atoms with Crippen LogP contribution in [0.25, 0.3) is 0 Å². The summed E-state index contributed by atoms with van der Waals surface area (Å²) in [7, 11) is 0. The maximum atomic E-state index is 5.47. The van der Waals surface area contributed by atoms with Crippen molar-refractivity contribution in [3.05, 3.63) is 51.2 Å². The van der Waals surface area contributed by atoms with Gasteiger partial charge in [0.1, 0.15) is 6.61 Å². The molecule has 0 amide bonds. The maximum Gasteiger partial charge on any atom is 0.159 e. The SMILES string of the molecule is Brc1cnn(OCc2ccccc2)c1Br. The van der Waals surface area contributed by atoms with E-state index in [1.165, 1.54) is 4.85 Å². The van der Waals surface area contributed by atoms with Gasteiger partial charge in [0.15, 0.2) is 4.60 Å². The standard InChI is InChI=1S/C10H8Br2N2O/c11-9-6-13-14(10(9)12)15-7-8-4-2-1-3-5-8/h1-6H,7H2. The predicted octanol–water partition coefficient (Wildman–Crippen LogP) is 3.04. The summed E-state index contributed by atoms with van der Waals surface area (Å²) < 4.78 is 1.65. The Kier molecular flexibility index (Phi) is 3.43. The number of halogens is 2. The van der Waals surface area contributed by atoms with Gasteiger partial charge >= 0.3 is 0 Å². The molecule has 1 aromatic heterocycles. The minimum Gasteiger partial charge on any atom is -0.391 e. The van der Waals surface area contributed by atoms with Crippen LogP contribution in [0, 0.1) is 0 Å². The van der Waals surface area contributed by atoms with Crippen LogP contribution in [0.15, 0.2) is 45.6 Å². The molecule has 5 heteroatoms. The Balaban J connectivity index is 2.02. The van der Waals surface area contributed by atoms with Gasteiger partial charge in [0.25, 0.3) is 0 Å². The van der Waals surface area contributed by atoms with E-state index in [1.54, 1.807) is 6.20 Å². The lowest BCUT2D eigenvalue weighted by atomic mass is 10.2. The van der Waals surface area contributed by atoms with Crippen LogP contribution in [-0.4, -0.2) is 9.94 Å². The number of nitrogens with zero attached hydrogens (tertiary/aromatic N) is 2. The molecule has 3 nitrogen and oxygen atoms in total. The van der Waals surface area contributed by atoms with Gasteiger partial charge in [-0.05, 0) is 37.4 Å². The van der Waals surface area contributed by atoms with Crippen LogP contribution in [0.3, 0.4) is 0 Å². The van der Waals surface area contributed by atoms with E-state index >= 15 is 0 Å². The minimum absolute atomic E-state index is 0.494. The summed E-state index contributed by atoms with van der Waals surface area (Å²) in [5.74, 6) is 0. The molecule has 1 heterocycles.